The second kappa shape index (κ2) is 5.22. The molecule has 0 fully saturated rings. The van der Waals surface area contributed by atoms with Crippen molar-refractivity contribution in [2.75, 3.05) is 7.05 Å². The van der Waals surface area contributed by atoms with Crippen LogP contribution in [0.1, 0.15) is 49.3 Å². The molecule has 1 aromatic heterocycles. The molecule has 1 atom stereocenters. The van der Waals surface area contributed by atoms with Gasteiger partial charge in [0, 0.05) is 5.56 Å². The molecule has 0 aliphatic carbocycles. The molecule has 0 amide bonds. The van der Waals surface area contributed by atoms with Gasteiger partial charge in [-0.1, -0.05) is 45.0 Å². The number of rotatable bonds is 3. The maximum Gasteiger partial charge on any atom is 0.105 e. The quantitative estimate of drug-likeness (QED) is 0.891. The number of furan rings is 1. The smallest absolute Gasteiger partial charge is 0.105 e. The zero-order chi connectivity index (χ0) is 14.0. The summed E-state index contributed by atoms with van der Waals surface area (Å²) in [5.41, 5.74) is 4.01. The molecule has 1 unspecified atom stereocenters. The van der Waals surface area contributed by atoms with Gasteiger partial charge in [0.05, 0.1) is 12.3 Å². The summed E-state index contributed by atoms with van der Waals surface area (Å²) < 4.78 is 5.41. The monoisotopic (exact) mass is 257 g/mol. The fourth-order valence-corrected chi connectivity index (χ4v) is 2.37. The van der Waals surface area contributed by atoms with Crippen LogP contribution in [0, 0.1) is 6.92 Å². The number of benzene rings is 1. The van der Waals surface area contributed by atoms with Gasteiger partial charge >= 0.3 is 0 Å². The third-order valence-corrected chi connectivity index (χ3v) is 3.61. The molecular weight excluding hydrogens is 234 g/mol. The van der Waals surface area contributed by atoms with Crippen LogP contribution in [-0.4, -0.2) is 7.05 Å². The molecule has 1 aromatic carbocycles. The third-order valence-electron chi connectivity index (χ3n) is 3.61. The Labute approximate surface area is 115 Å². The van der Waals surface area contributed by atoms with Crippen molar-refractivity contribution in [2.45, 2.75) is 39.2 Å². The Morgan fingerprint density at radius 1 is 1.05 bits per heavy atom. The van der Waals surface area contributed by atoms with Gasteiger partial charge in [-0.2, -0.15) is 0 Å². The summed E-state index contributed by atoms with van der Waals surface area (Å²) in [6, 6.07) is 11.1. The molecule has 0 radical (unpaired) electrons. The highest BCUT2D eigenvalue weighted by Gasteiger charge is 2.18. The SMILES string of the molecule is CNC(c1ccc(C(C)(C)C)cc1)c1ccoc1C. The highest BCUT2D eigenvalue weighted by atomic mass is 16.3. The lowest BCUT2D eigenvalue weighted by atomic mass is 9.86. The molecule has 0 aliphatic rings. The second-order valence-corrected chi connectivity index (χ2v) is 6.03. The van der Waals surface area contributed by atoms with Crippen LogP contribution >= 0.6 is 0 Å². The number of aryl methyl sites for hydroxylation is 1. The molecule has 1 heterocycles. The van der Waals surface area contributed by atoms with Gasteiger partial charge in [-0.3, -0.25) is 0 Å². The van der Waals surface area contributed by atoms with Crippen molar-refractivity contribution in [1.82, 2.24) is 5.32 Å². The van der Waals surface area contributed by atoms with Gasteiger partial charge < -0.3 is 9.73 Å². The lowest BCUT2D eigenvalue weighted by molar-refractivity contribution is 0.523. The van der Waals surface area contributed by atoms with E-state index in [2.05, 4.69) is 50.4 Å². The van der Waals surface area contributed by atoms with E-state index in [9.17, 15) is 0 Å². The Morgan fingerprint density at radius 3 is 2.11 bits per heavy atom. The Kier molecular flexibility index (Phi) is 3.81. The molecule has 0 bridgehead atoms. The van der Waals surface area contributed by atoms with Crippen molar-refractivity contribution in [1.29, 1.82) is 0 Å². The average molecular weight is 257 g/mol. The topological polar surface area (TPSA) is 25.2 Å². The summed E-state index contributed by atoms with van der Waals surface area (Å²) in [6.45, 7) is 8.70. The van der Waals surface area contributed by atoms with Crippen LogP contribution in [0.25, 0.3) is 0 Å². The van der Waals surface area contributed by atoms with Crippen LogP contribution in [0.4, 0.5) is 0 Å². The standard InChI is InChI=1S/C17H23NO/c1-12-15(10-11-19-12)16(18-5)13-6-8-14(9-7-13)17(2,3)4/h6-11,16,18H,1-5H3. The Hall–Kier alpha value is -1.54. The molecule has 19 heavy (non-hydrogen) atoms. The van der Waals surface area contributed by atoms with Crippen LogP contribution in [-0.2, 0) is 5.41 Å². The van der Waals surface area contributed by atoms with Crippen LogP contribution < -0.4 is 5.32 Å². The minimum atomic E-state index is 0.188. The summed E-state index contributed by atoms with van der Waals surface area (Å²) in [5, 5.41) is 3.36. The average Bonchev–Trinajstić information content (AvgIpc) is 2.76. The highest BCUT2D eigenvalue weighted by Crippen LogP contribution is 2.28. The van der Waals surface area contributed by atoms with Gasteiger partial charge in [0.2, 0.25) is 0 Å². The van der Waals surface area contributed by atoms with Crippen LogP contribution in [0.2, 0.25) is 0 Å². The Bertz CT molecular complexity index is 531. The van der Waals surface area contributed by atoms with Crippen molar-refractivity contribution in [3.63, 3.8) is 0 Å². The van der Waals surface area contributed by atoms with Gasteiger partial charge in [0.25, 0.3) is 0 Å². The molecule has 0 saturated carbocycles. The molecule has 1 N–H and O–H groups in total. The normalized spacial score (nSPS) is 13.5. The Morgan fingerprint density at radius 2 is 1.68 bits per heavy atom. The van der Waals surface area contributed by atoms with Gasteiger partial charge in [0.15, 0.2) is 0 Å². The molecule has 2 rings (SSSR count). The van der Waals surface area contributed by atoms with E-state index in [1.54, 1.807) is 6.26 Å². The predicted octanol–water partition coefficient (Wildman–Crippen LogP) is 4.19. The van der Waals surface area contributed by atoms with Crippen molar-refractivity contribution < 1.29 is 4.42 Å². The van der Waals surface area contributed by atoms with E-state index in [-0.39, 0.29) is 11.5 Å². The van der Waals surface area contributed by atoms with E-state index in [0.29, 0.717) is 0 Å². The molecule has 2 aromatic rings. The molecule has 102 valence electrons. The number of hydrogen-bond donors (Lipinski definition) is 1. The van der Waals surface area contributed by atoms with Crippen LogP contribution in [0.5, 0.6) is 0 Å². The maximum absolute atomic E-state index is 5.41. The lowest BCUT2D eigenvalue weighted by Gasteiger charge is -2.21. The first-order valence-corrected chi connectivity index (χ1v) is 6.75. The molecular formula is C17H23NO. The van der Waals surface area contributed by atoms with E-state index in [0.717, 1.165) is 5.76 Å². The third kappa shape index (κ3) is 2.90. The Balaban J connectivity index is 2.33. The van der Waals surface area contributed by atoms with Crippen molar-refractivity contribution in [2.24, 2.45) is 0 Å². The first-order chi connectivity index (χ1) is 8.93. The van der Waals surface area contributed by atoms with Crippen LogP contribution in [0.15, 0.2) is 41.0 Å². The minimum Gasteiger partial charge on any atom is -0.469 e. The van der Waals surface area contributed by atoms with Gasteiger partial charge in [-0.25, -0.2) is 0 Å². The van der Waals surface area contributed by atoms with Crippen LogP contribution in [0.3, 0.4) is 0 Å². The number of hydrogen-bond acceptors (Lipinski definition) is 2. The largest absolute Gasteiger partial charge is 0.469 e. The zero-order valence-electron chi connectivity index (χ0n) is 12.4. The fraction of sp³-hybridized carbons (Fsp3) is 0.412. The molecule has 0 saturated heterocycles. The van der Waals surface area contributed by atoms with Crippen molar-refractivity contribution in [3.8, 4) is 0 Å². The highest BCUT2D eigenvalue weighted by molar-refractivity contribution is 5.36. The number of nitrogens with one attached hydrogen (secondary N) is 1. The van der Waals surface area contributed by atoms with Crippen molar-refractivity contribution >= 4 is 0 Å². The molecule has 0 aliphatic heterocycles. The predicted molar refractivity (Wildman–Crippen MR) is 79.5 cm³/mol. The zero-order valence-corrected chi connectivity index (χ0v) is 12.4. The van der Waals surface area contributed by atoms with Gasteiger partial charge in [0.1, 0.15) is 5.76 Å². The lowest BCUT2D eigenvalue weighted by Crippen LogP contribution is -2.18. The molecule has 2 heteroatoms. The summed E-state index contributed by atoms with van der Waals surface area (Å²) in [4.78, 5) is 0. The van der Waals surface area contributed by atoms with E-state index in [1.807, 2.05) is 20.0 Å². The van der Waals surface area contributed by atoms with E-state index in [4.69, 9.17) is 4.42 Å². The first kappa shape index (κ1) is 13.9. The fourth-order valence-electron chi connectivity index (χ4n) is 2.37. The van der Waals surface area contributed by atoms with E-state index >= 15 is 0 Å². The van der Waals surface area contributed by atoms with Gasteiger partial charge in [-0.15, -0.1) is 0 Å². The first-order valence-electron chi connectivity index (χ1n) is 6.75. The molecule has 2 nitrogen and oxygen atoms in total. The minimum absolute atomic E-state index is 0.188. The van der Waals surface area contributed by atoms with Crippen molar-refractivity contribution in [3.05, 3.63) is 59.0 Å². The molecule has 0 spiro atoms. The summed E-state index contributed by atoms with van der Waals surface area (Å²) >= 11 is 0. The van der Waals surface area contributed by atoms with Gasteiger partial charge in [-0.05, 0) is 36.6 Å². The van der Waals surface area contributed by atoms with E-state index in [1.165, 1.54) is 16.7 Å². The van der Waals surface area contributed by atoms with E-state index < -0.39 is 0 Å². The second-order valence-electron chi connectivity index (χ2n) is 6.03. The summed E-state index contributed by atoms with van der Waals surface area (Å²) in [7, 11) is 1.98. The summed E-state index contributed by atoms with van der Waals surface area (Å²) in [5.74, 6) is 0.972. The summed E-state index contributed by atoms with van der Waals surface area (Å²) in [6.07, 6.45) is 1.75. The maximum atomic E-state index is 5.41.